The Morgan fingerprint density at radius 2 is 1.97 bits per heavy atom. The summed E-state index contributed by atoms with van der Waals surface area (Å²) in [6, 6.07) is 14.6. The smallest absolute Gasteiger partial charge is 0.315 e. The number of carbonyl (C=O) groups is 2. The first-order chi connectivity index (χ1) is 17.8. The molecule has 9 nitrogen and oxygen atoms in total. The quantitative estimate of drug-likeness (QED) is 0.444. The molecule has 1 atom stereocenters. The molecule has 4 aromatic rings. The van der Waals surface area contributed by atoms with Gasteiger partial charge < -0.3 is 10.2 Å². The van der Waals surface area contributed by atoms with Gasteiger partial charge in [-0.05, 0) is 43.3 Å². The van der Waals surface area contributed by atoms with E-state index in [1.54, 1.807) is 25.1 Å². The molecule has 5 rings (SSSR count). The summed E-state index contributed by atoms with van der Waals surface area (Å²) in [4.78, 5) is 35.3. The van der Waals surface area contributed by atoms with Gasteiger partial charge in [-0.2, -0.15) is 19.1 Å². The first-order valence-electron chi connectivity index (χ1n) is 11.3. The number of nitriles is 1. The molecule has 0 bridgehead atoms. The van der Waals surface area contributed by atoms with E-state index in [2.05, 4.69) is 20.4 Å². The Kier molecular flexibility index (Phi) is 5.93. The van der Waals surface area contributed by atoms with E-state index in [4.69, 9.17) is 5.26 Å². The van der Waals surface area contributed by atoms with Crippen LogP contribution in [0, 0.1) is 11.3 Å². The Labute approximate surface area is 210 Å². The Morgan fingerprint density at radius 1 is 1.19 bits per heavy atom. The number of nitrogens with zero attached hydrogens (tertiary/aromatic N) is 6. The van der Waals surface area contributed by atoms with Gasteiger partial charge in [0.1, 0.15) is 17.7 Å². The van der Waals surface area contributed by atoms with E-state index in [0.29, 0.717) is 23.5 Å². The second kappa shape index (κ2) is 9.23. The SMILES string of the molecule is CC1Cn2ncc(C(=O)Nc3cccc(C#N)c3)c2C(=O)N1c1ccc(C(F)(F)c2ccncn2)cc1. The van der Waals surface area contributed by atoms with Crippen molar-refractivity contribution in [1.29, 1.82) is 5.26 Å². The van der Waals surface area contributed by atoms with Crippen molar-refractivity contribution in [3.8, 4) is 6.07 Å². The number of carbonyl (C=O) groups excluding carboxylic acids is 2. The summed E-state index contributed by atoms with van der Waals surface area (Å²) in [6.07, 6.45) is 3.62. The fourth-order valence-corrected chi connectivity index (χ4v) is 4.25. The predicted octanol–water partition coefficient (Wildman–Crippen LogP) is 3.99. The fourth-order valence-electron chi connectivity index (χ4n) is 4.25. The van der Waals surface area contributed by atoms with Gasteiger partial charge in [-0.15, -0.1) is 0 Å². The molecular formula is C26H19F2N7O2. The second-order valence-corrected chi connectivity index (χ2v) is 8.48. The first kappa shape index (κ1) is 23.7. The summed E-state index contributed by atoms with van der Waals surface area (Å²) in [5, 5.41) is 16.0. The van der Waals surface area contributed by atoms with Crippen molar-refractivity contribution in [2.24, 2.45) is 0 Å². The lowest BCUT2D eigenvalue weighted by atomic mass is 10.0. The highest BCUT2D eigenvalue weighted by Gasteiger charge is 2.38. The molecule has 3 heterocycles. The molecule has 2 aromatic carbocycles. The largest absolute Gasteiger partial charge is 0.322 e. The van der Waals surface area contributed by atoms with Crippen molar-refractivity contribution in [3.05, 3.63) is 101 Å². The molecule has 2 amide bonds. The van der Waals surface area contributed by atoms with Crippen molar-refractivity contribution in [2.75, 3.05) is 10.2 Å². The van der Waals surface area contributed by atoms with Gasteiger partial charge in [0.05, 0.1) is 36.0 Å². The van der Waals surface area contributed by atoms with Crippen LogP contribution in [0.25, 0.3) is 0 Å². The third-order valence-corrected chi connectivity index (χ3v) is 6.04. The number of hydrogen-bond donors (Lipinski definition) is 1. The summed E-state index contributed by atoms with van der Waals surface area (Å²) >= 11 is 0. The minimum Gasteiger partial charge on any atom is -0.322 e. The molecule has 37 heavy (non-hydrogen) atoms. The van der Waals surface area contributed by atoms with Gasteiger partial charge in [0, 0.05) is 23.1 Å². The van der Waals surface area contributed by atoms with Gasteiger partial charge >= 0.3 is 5.92 Å². The van der Waals surface area contributed by atoms with Gasteiger partial charge in [0.15, 0.2) is 0 Å². The maximum absolute atomic E-state index is 14.9. The van der Waals surface area contributed by atoms with Crippen molar-refractivity contribution in [2.45, 2.75) is 25.4 Å². The third-order valence-electron chi connectivity index (χ3n) is 6.04. The summed E-state index contributed by atoms with van der Waals surface area (Å²) in [6.45, 7) is 2.11. The standard InChI is InChI=1S/C26H19F2N7O2/c1-16-14-34-23(21(13-32-34)24(36)33-19-4-2-3-17(11-19)12-29)25(37)35(16)20-7-5-18(6-8-20)26(27,28)22-9-10-30-15-31-22/h2-11,13,15-16H,14H2,1H3,(H,33,36). The average Bonchev–Trinajstić information content (AvgIpc) is 3.34. The molecule has 1 aliphatic rings. The number of rotatable bonds is 5. The van der Waals surface area contributed by atoms with Gasteiger partial charge in [0.2, 0.25) is 0 Å². The highest BCUT2D eigenvalue weighted by molar-refractivity contribution is 6.15. The number of benzene rings is 2. The zero-order chi connectivity index (χ0) is 26.2. The maximum Gasteiger partial charge on any atom is 0.315 e. The van der Waals surface area contributed by atoms with Crippen molar-refractivity contribution in [1.82, 2.24) is 19.7 Å². The number of anilines is 2. The van der Waals surface area contributed by atoms with E-state index in [-0.39, 0.29) is 22.9 Å². The molecule has 0 spiro atoms. The van der Waals surface area contributed by atoms with Gasteiger partial charge in [-0.25, -0.2) is 9.97 Å². The Balaban J connectivity index is 1.42. The molecule has 0 fully saturated rings. The summed E-state index contributed by atoms with van der Waals surface area (Å²) < 4.78 is 31.2. The molecule has 0 saturated carbocycles. The number of nitrogens with one attached hydrogen (secondary N) is 1. The molecular weight excluding hydrogens is 480 g/mol. The summed E-state index contributed by atoms with van der Waals surface area (Å²) in [5.74, 6) is -4.38. The zero-order valence-corrected chi connectivity index (χ0v) is 19.5. The number of halogens is 2. The minimum atomic E-state index is -3.34. The van der Waals surface area contributed by atoms with Gasteiger partial charge in [-0.1, -0.05) is 18.2 Å². The van der Waals surface area contributed by atoms with E-state index in [9.17, 15) is 18.4 Å². The molecule has 1 N–H and O–H groups in total. The second-order valence-electron chi connectivity index (χ2n) is 8.48. The van der Waals surface area contributed by atoms with E-state index < -0.39 is 23.4 Å². The van der Waals surface area contributed by atoms with Crippen LogP contribution < -0.4 is 10.2 Å². The van der Waals surface area contributed by atoms with E-state index in [1.807, 2.05) is 6.07 Å². The summed E-state index contributed by atoms with van der Waals surface area (Å²) in [7, 11) is 0. The molecule has 1 unspecified atom stereocenters. The monoisotopic (exact) mass is 499 g/mol. The molecule has 11 heteroatoms. The van der Waals surface area contributed by atoms with Crippen LogP contribution in [0.15, 0.2) is 73.3 Å². The van der Waals surface area contributed by atoms with E-state index >= 15 is 0 Å². The molecule has 0 saturated heterocycles. The molecule has 0 aliphatic carbocycles. The van der Waals surface area contributed by atoms with Crippen molar-refractivity contribution in [3.63, 3.8) is 0 Å². The van der Waals surface area contributed by atoms with Crippen LogP contribution in [0.3, 0.4) is 0 Å². The van der Waals surface area contributed by atoms with Crippen LogP contribution >= 0.6 is 0 Å². The highest BCUT2D eigenvalue weighted by atomic mass is 19.3. The number of alkyl halides is 2. The van der Waals surface area contributed by atoms with Gasteiger partial charge in [-0.3, -0.25) is 14.3 Å². The Bertz CT molecular complexity index is 1530. The fraction of sp³-hybridized carbons (Fsp3) is 0.154. The molecule has 0 radical (unpaired) electrons. The number of hydrogen-bond acceptors (Lipinski definition) is 6. The predicted molar refractivity (Wildman–Crippen MR) is 129 cm³/mol. The maximum atomic E-state index is 14.9. The van der Waals surface area contributed by atoms with Crippen molar-refractivity contribution >= 4 is 23.2 Å². The Morgan fingerprint density at radius 3 is 2.68 bits per heavy atom. The summed E-state index contributed by atoms with van der Waals surface area (Å²) in [5.41, 5.74) is 0.616. The van der Waals surface area contributed by atoms with Crippen LogP contribution in [0.5, 0.6) is 0 Å². The van der Waals surface area contributed by atoms with Crippen molar-refractivity contribution < 1.29 is 18.4 Å². The normalized spacial score (nSPS) is 15.1. The number of amides is 2. The number of aromatic nitrogens is 4. The number of fused-ring (bicyclic) bond motifs is 1. The molecule has 1 aliphatic heterocycles. The van der Waals surface area contributed by atoms with Crippen LogP contribution in [-0.2, 0) is 12.5 Å². The van der Waals surface area contributed by atoms with Gasteiger partial charge in [0.25, 0.3) is 11.8 Å². The first-order valence-corrected chi connectivity index (χ1v) is 11.3. The highest BCUT2D eigenvalue weighted by Crippen LogP contribution is 2.36. The topological polar surface area (TPSA) is 117 Å². The minimum absolute atomic E-state index is 0.0659. The van der Waals surface area contributed by atoms with Crippen LogP contribution in [0.4, 0.5) is 20.2 Å². The van der Waals surface area contributed by atoms with Crippen LogP contribution in [-0.4, -0.2) is 37.6 Å². The molecule has 2 aromatic heterocycles. The lowest BCUT2D eigenvalue weighted by molar-refractivity contribution is 0.0378. The zero-order valence-electron chi connectivity index (χ0n) is 19.5. The van der Waals surface area contributed by atoms with E-state index in [0.717, 1.165) is 12.4 Å². The van der Waals surface area contributed by atoms with Crippen LogP contribution in [0.2, 0.25) is 0 Å². The Hall–Kier alpha value is -4.98. The average molecular weight is 499 g/mol. The lowest BCUT2D eigenvalue weighted by Crippen LogP contribution is -2.47. The van der Waals surface area contributed by atoms with E-state index in [1.165, 1.54) is 52.3 Å². The third kappa shape index (κ3) is 4.29. The van der Waals surface area contributed by atoms with Crippen LogP contribution in [0.1, 0.15) is 44.6 Å². The lowest BCUT2D eigenvalue weighted by Gasteiger charge is -2.34. The molecule has 184 valence electrons.